The van der Waals surface area contributed by atoms with Crippen LogP contribution in [-0.4, -0.2) is 56.2 Å². The molecule has 1 fully saturated rings. The monoisotopic (exact) mass is 354 g/mol. The predicted octanol–water partition coefficient (Wildman–Crippen LogP) is 2.42. The smallest absolute Gasteiger partial charge is 0.255 e. The number of nitrogens with zero attached hydrogens (tertiary/aromatic N) is 1. The molecular formula is C20H22N2O4. The van der Waals surface area contributed by atoms with Gasteiger partial charge in [0.15, 0.2) is 0 Å². The minimum atomic E-state index is -0.185. The molecule has 1 aliphatic rings. The number of amides is 2. The summed E-state index contributed by atoms with van der Waals surface area (Å²) in [6.07, 6.45) is -0.234. The van der Waals surface area contributed by atoms with Crippen LogP contribution in [0.3, 0.4) is 0 Å². The minimum Gasteiger partial charge on any atom is -0.377 e. The molecule has 6 heteroatoms. The van der Waals surface area contributed by atoms with Crippen LogP contribution in [0.1, 0.15) is 20.7 Å². The number of likely N-dealkylation sites (tertiary alicyclic amines) is 1. The molecule has 6 nitrogen and oxygen atoms in total. The Morgan fingerprint density at radius 3 is 2.00 bits per heavy atom. The van der Waals surface area contributed by atoms with Crippen LogP contribution in [0.2, 0.25) is 0 Å². The Bertz CT molecular complexity index is 749. The van der Waals surface area contributed by atoms with Crippen LogP contribution in [0.15, 0.2) is 54.6 Å². The highest BCUT2D eigenvalue weighted by atomic mass is 16.5. The van der Waals surface area contributed by atoms with Crippen molar-refractivity contribution < 1.29 is 19.1 Å². The Kier molecular flexibility index (Phi) is 5.65. The second kappa shape index (κ2) is 8.12. The summed E-state index contributed by atoms with van der Waals surface area (Å²) in [5.74, 6) is -0.261. The van der Waals surface area contributed by atoms with Gasteiger partial charge in [0.05, 0.1) is 0 Å². The summed E-state index contributed by atoms with van der Waals surface area (Å²) in [7, 11) is 3.24. The van der Waals surface area contributed by atoms with Gasteiger partial charge in [0.25, 0.3) is 11.8 Å². The number of carbonyl (C=O) groups excluding carboxylic acids is 2. The summed E-state index contributed by atoms with van der Waals surface area (Å²) in [4.78, 5) is 26.5. The number of carbonyl (C=O) groups is 2. The number of methoxy groups -OCH3 is 2. The zero-order valence-electron chi connectivity index (χ0n) is 14.8. The zero-order chi connectivity index (χ0) is 18.5. The zero-order valence-corrected chi connectivity index (χ0v) is 14.8. The molecule has 0 spiro atoms. The standard InChI is InChI=1S/C20H22N2O4/c1-25-17-12-22(13-18(17)26-2)20(24)15-8-10-16(11-9-15)21-19(23)14-6-4-3-5-7-14/h3-11,17-18H,12-13H2,1-2H3,(H,21,23). The quantitative estimate of drug-likeness (QED) is 0.895. The third-order valence-corrected chi connectivity index (χ3v) is 4.53. The first kappa shape index (κ1) is 18.1. The van der Waals surface area contributed by atoms with Crippen LogP contribution in [-0.2, 0) is 9.47 Å². The van der Waals surface area contributed by atoms with Gasteiger partial charge >= 0.3 is 0 Å². The highest BCUT2D eigenvalue weighted by Crippen LogP contribution is 2.19. The van der Waals surface area contributed by atoms with E-state index >= 15 is 0 Å². The maximum absolute atomic E-state index is 12.7. The predicted molar refractivity (Wildman–Crippen MR) is 98.3 cm³/mol. The van der Waals surface area contributed by atoms with E-state index in [9.17, 15) is 9.59 Å². The Morgan fingerprint density at radius 2 is 1.46 bits per heavy atom. The summed E-state index contributed by atoms with van der Waals surface area (Å²) in [6.45, 7) is 1.00. The van der Waals surface area contributed by atoms with E-state index in [2.05, 4.69) is 5.32 Å². The van der Waals surface area contributed by atoms with E-state index in [4.69, 9.17) is 9.47 Å². The van der Waals surface area contributed by atoms with Crippen molar-refractivity contribution in [2.24, 2.45) is 0 Å². The van der Waals surface area contributed by atoms with Crippen LogP contribution in [0.4, 0.5) is 5.69 Å². The van der Waals surface area contributed by atoms with Crippen LogP contribution in [0.25, 0.3) is 0 Å². The van der Waals surface area contributed by atoms with Gasteiger partial charge in [-0.05, 0) is 36.4 Å². The number of hydrogen-bond donors (Lipinski definition) is 1. The van der Waals surface area contributed by atoms with E-state index in [1.54, 1.807) is 55.5 Å². The third-order valence-electron chi connectivity index (χ3n) is 4.53. The van der Waals surface area contributed by atoms with Crippen molar-refractivity contribution in [3.8, 4) is 0 Å². The number of hydrogen-bond acceptors (Lipinski definition) is 4. The van der Waals surface area contributed by atoms with Crippen LogP contribution >= 0.6 is 0 Å². The van der Waals surface area contributed by atoms with Crippen LogP contribution < -0.4 is 5.32 Å². The highest BCUT2D eigenvalue weighted by Gasteiger charge is 2.35. The molecule has 0 aliphatic carbocycles. The fourth-order valence-corrected chi connectivity index (χ4v) is 3.03. The molecule has 1 heterocycles. The van der Waals surface area contributed by atoms with Crippen molar-refractivity contribution in [2.45, 2.75) is 12.2 Å². The van der Waals surface area contributed by atoms with Gasteiger partial charge in [-0.15, -0.1) is 0 Å². The van der Waals surface area contributed by atoms with E-state index in [1.165, 1.54) is 0 Å². The fourth-order valence-electron chi connectivity index (χ4n) is 3.03. The van der Waals surface area contributed by atoms with Crippen molar-refractivity contribution in [1.82, 2.24) is 4.90 Å². The summed E-state index contributed by atoms with van der Waals surface area (Å²) >= 11 is 0. The van der Waals surface area contributed by atoms with E-state index < -0.39 is 0 Å². The van der Waals surface area contributed by atoms with Gasteiger partial charge in [0, 0.05) is 44.1 Å². The summed E-state index contributed by atoms with van der Waals surface area (Å²) < 4.78 is 10.7. The molecule has 2 atom stereocenters. The fraction of sp³-hybridized carbons (Fsp3) is 0.300. The summed E-state index contributed by atoms with van der Waals surface area (Å²) in [5, 5.41) is 2.82. The summed E-state index contributed by atoms with van der Waals surface area (Å²) in [5.41, 5.74) is 1.79. The molecule has 2 aromatic carbocycles. The Labute approximate surface area is 152 Å². The van der Waals surface area contributed by atoms with Crippen molar-refractivity contribution in [3.63, 3.8) is 0 Å². The Morgan fingerprint density at radius 1 is 0.885 bits per heavy atom. The average Bonchev–Trinajstić information content (AvgIpc) is 3.12. The van der Waals surface area contributed by atoms with Gasteiger partial charge in [-0.2, -0.15) is 0 Å². The van der Waals surface area contributed by atoms with Crippen molar-refractivity contribution in [1.29, 1.82) is 0 Å². The van der Waals surface area contributed by atoms with E-state index in [-0.39, 0.29) is 24.0 Å². The number of anilines is 1. The van der Waals surface area contributed by atoms with Gasteiger partial charge in [0.2, 0.25) is 0 Å². The van der Waals surface area contributed by atoms with Crippen LogP contribution in [0.5, 0.6) is 0 Å². The maximum Gasteiger partial charge on any atom is 0.255 e. The molecule has 2 unspecified atom stereocenters. The number of nitrogens with one attached hydrogen (secondary N) is 1. The van der Waals surface area contributed by atoms with Gasteiger partial charge in [-0.1, -0.05) is 18.2 Å². The molecule has 1 saturated heterocycles. The lowest BCUT2D eigenvalue weighted by Gasteiger charge is -2.16. The van der Waals surface area contributed by atoms with E-state index in [1.807, 2.05) is 18.2 Å². The van der Waals surface area contributed by atoms with Gasteiger partial charge in [-0.25, -0.2) is 0 Å². The molecule has 0 saturated carbocycles. The lowest BCUT2D eigenvalue weighted by molar-refractivity contribution is -0.00461. The second-order valence-corrected chi connectivity index (χ2v) is 6.16. The topological polar surface area (TPSA) is 67.9 Å². The molecule has 2 aromatic rings. The van der Waals surface area contributed by atoms with Crippen LogP contribution in [0, 0.1) is 0 Å². The molecule has 136 valence electrons. The van der Waals surface area contributed by atoms with Crippen molar-refractivity contribution in [3.05, 3.63) is 65.7 Å². The molecule has 1 aliphatic heterocycles. The van der Waals surface area contributed by atoms with Crippen molar-refractivity contribution >= 4 is 17.5 Å². The highest BCUT2D eigenvalue weighted by molar-refractivity contribution is 6.04. The second-order valence-electron chi connectivity index (χ2n) is 6.16. The lowest BCUT2D eigenvalue weighted by Crippen LogP contribution is -2.30. The minimum absolute atomic E-state index is 0.0764. The molecule has 0 radical (unpaired) electrons. The number of ether oxygens (including phenoxy) is 2. The summed E-state index contributed by atoms with van der Waals surface area (Å²) in [6, 6.07) is 15.9. The first-order valence-electron chi connectivity index (χ1n) is 8.43. The van der Waals surface area contributed by atoms with Crippen molar-refractivity contribution in [2.75, 3.05) is 32.6 Å². The molecular weight excluding hydrogens is 332 g/mol. The molecule has 1 N–H and O–H groups in total. The number of benzene rings is 2. The Balaban J connectivity index is 1.64. The SMILES string of the molecule is COC1CN(C(=O)c2ccc(NC(=O)c3ccccc3)cc2)CC1OC. The number of rotatable bonds is 5. The largest absolute Gasteiger partial charge is 0.377 e. The normalized spacial score (nSPS) is 19.4. The van der Waals surface area contributed by atoms with E-state index in [0.29, 0.717) is 29.9 Å². The van der Waals surface area contributed by atoms with Gasteiger partial charge in [0.1, 0.15) is 12.2 Å². The average molecular weight is 354 g/mol. The molecule has 2 amide bonds. The van der Waals surface area contributed by atoms with Gasteiger partial charge in [-0.3, -0.25) is 9.59 Å². The van der Waals surface area contributed by atoms with E-state index in [0.717, 1.165) is 0 Å². The third kappa shape index (κ3) is 3.92. The molecule has 0 aromatic heterocycles. The molecule has 0 bridgehead atoms. The molecule has 3 rings (SSSR count). The first-order chi connectivity index (χ1) is 12.6. The van der Waals surface area contributed by atoms with Gasteiger partial charge < -0.3 is 19.7 Å². The maximum atomic E-state index is 12.7. The molecule has 26 heavy (non-hydrogen) atoms. The lowest BCUT2D eigenvalue weighted by atomic mass is 10.1. The Hall–Kier alpha value is -2.70. The first-order valence-corrected chi connectivity index (χ1v) is 8.43.